The van der Waals surface area contributed by atoms with Crippen LogP contribution in [0.3, 0.4) is 0 Å². The van der Waals surface area contributed by atoms with E-state index in [1.807, 2.05) is 0 Å². The zero-order valence-electron chi connectivity index (χ0n) is 10.4. The minimum Gasteiger partial charge on any atom is -0.447 e. The zero-order chi connectivity index (χ0) is 12.5. The minimum absolute atomic E-state index is 0.120. The molecule has 3 saturated heterocycles. The van der Waals surface area contributed by atoms with Gasteiger partial charge >= 0.3 is 6.09 Å². The van der Waals surface area contributed by atoms with E-state index in [0.717, 1.165) is 26.1 Å². The van der Waals surface area contributed by atoms with E-state index in [2.05, 4.69) is 10.2 Å². The van der Waals surface area contributed by atoms with Gasteiger partial charge in [0.15, 0.2) is 0 Å². The van der Waals surface area contributed by atoms with Gasteiger partial charge in [0.25, 0.3) is 0 Å². The number of imide groups is 1. The molecule has 0 aromatic rings. The predicted molar refractivity (Wildman–Crippen MR) is 64.0 cm³/mol. The fourth-order valence-electron chi connectivity index (χ4n) is 3.24. The molecule has 100 valence electrons. The Labute approximate surface area is 106 Å². The zero-order valence-corrected chi connectivity index (χ0v) is 10.4. The molecule has 0 saturated carbocycles. The molecule has 0 bridgehead atoms. The van der Waals surface area contributed by atoms with Crippen LogP contribution in [0.15, 0.2) is 0 Å². The van der Waals surface area contributed by atoms with Crippen molar-refractivity contribution < 1.29 is 14.3 Å². The number of carbonyl (C=O) groups is 2. The van der Waals surface area contributed by atoms with Crippen molar-refractivity contribution in [1.29, 1.82) is 0 Å². The number of nitrogens with one attached hydrogen (secondary N) is 1. The summed E-state index contributed by atoms with van der Waals surface area (Å²) >= 11 is 0. The standard InChI is InChI=1S/C12H19N3O3/c16-11(15-4-5-18-12(15)17)8-14-3-1-2-9-6-13-7-10(9)14/h9-10,13H,1-8H2. The number of likely N-dealkylation sites (tertiary alicyclic amines) is 1. The molecule has 3 aliphatic rings. The van der Waals surface area contributed by atoms with Crippen LogP contribution in [-0.2, 0) is 9.53 Å². The van der Waals surface area contributed by atoms with Gasteiger partial charge in [0.2, 0.25) is 5.91 Å². The molecule has 2 atom stereocenters. The van der Waals surface area contributed by atoms with Gasteiger partial charge in [-0.1, -0.05) is 0 Å². The molecule has 0 radical (unpaired) electrons. The van der Waals surface area contributed by atoms with Gasteiger partial charge in [-0.25, -0.2) is 9.69 Å². The van der Waals surface area contributed by atoms with Gasteiger partial charge in [-0.2, -0.15) is 0 Å². The summed E-state index contributed by atoms with van der Waals surface area (Å²) in [4.78, 5) is 26.9. The molecule has 6 heteroatoms. The number of carbonyl (C=O) groups excluding carboxylic acids is 2. The molecule has 0 aliphatic carbocycles. The molecule has 3 aliphatic heterocycles. The number of piperidine rings is 1. The number of ether oxygens (including phenoxy) is 1. The first-order chi connectivity index (χ1) is 8.75. The predicted octanol–water partition coefficient (Wildman–Crippen LogP) is -0.351. The number of amides is 2. The summed E-state index contributed by atoms with van der Waals surface area (Å²) in [6.45, 7) is 4.05. The molecule has 0 aromatic carbocycles. The quantitative estimate of drug-likeness (QED) is 0.729. The number of hydrogen-bond donors (Lipinski definition) is 1. The maximum atomic E-state index is 12.1. The highest BCUT2D eigenvalue weighted by Crippen LogP contribution is 2.26. The average molecular weight is 253 g/mol. The Kier molecular flexibility index (Phi) is 3.22. The molecule has 2 unspecified atom stereocenters. The first kappa shape index (κ1) is 11.9. The van der Waals surface area contributed by atoms with E-state index in [1.54, 1.807) is 0 Å². The maximum Gasteiger partial charge on any atom is 0.416 e. The van der Waals surface area contributed by atoms with Crippen LogP contribution in [0.2, 0.25) is 0 Å². The molecule has 2 amide bonds. The van der Waals surface area contributed by atoms with Crippen LogP contribution in [0.4, 0.5) is 4.79 Å². The second kappa shape index (κ2) is 4.85. The van der Waals surface area contributed by atoms with Crippen LogP contribution in [0, 0.1) is 5.92 Å². The lowest BCUT2D eigenvalue weighted by Crippen LogP contribution is -2.50. The van der Waals surface area contributed by atoms with Crippen molar-refractivity contribution in [2.75, 3.05) is 39.3 Å². The lowest BCUT2D eigenvalue weighted by molar-refractivity contribution is -0.130. The summed E-state index contributed by atoms with van der Waals surface area (Å²) in [6.07, 6.45) is 1.90. The highest BCUT2D eigenvalue weighted by atomic mass is 16.6. The van der Waals surface area contributed by atoms with Crippen LogP contribution < -0.4 is 5.32 Å². The van der Waals surface area contributed by atoms with Gasteiger partial charge in [0.1, 0.15) is 6.61 Å². The highest BCUT2D eigenvalue weighted by molar-refractivity contribution is 5.94. The fourth-order valence-corrected chi connectivity index (χ4v) is 3.24. The molecule has 3 heterocycles. The normalized spacial score (nSPS) is 32.4. The lowest BCUT2D eigenvalue weighted by atomic mass is 9.92. The van der Waals surface area contributed by atoms with Crippen LogP contribution >= 0.6 is 0 Å². The summed E-state index contributed by atoms with van der Waals surface area (Å²) in [5.41, 5.74) is 0. The summed E-state index contributed by atoms with van der Waals surface area (Å²) in [6, 6.07) is 0.460. The number of fused-ring (bicyclic) bond motifs is 1. The summed E-state index contributed by atoms with van der Waals surface area (Å²) < 4.78 is 4.80. The third-order valence-corrected chi connectivity index (χ3v) is 4.19. The average Bonchev–Trinajstić information content (AvgIpc) is 2.97. The second-order valence-electron chi connectivity index (χ2n) is 5.26. The van der Waals surface area contributed by atoms with Gasteiger partial charge < -0.3 is 10.1 Å². The van der Waals surface area contributed by atoms with Crippen LogP contribution in [0.1, 0.15) is 12.8 Å². The van der Waals surface area contributed by atoms with E-state index >= 15 is 0 Å². The first-order valence-corrected chi connectivity index (χ1v) is 6.67. The Morgan fingerprint density at radius 3 is 3.06 bits per heavy atom. The van der Waals surface area contributed by atoms with Gasteiger partial charge in [0, 0.05) is 12.6 Å². The van der Waals surface area contributed by atoms with Gasteiger partial charge in [0.05, 0.1) is 13.1 Å². The van der Waals surface area contributed by atoms with E-state index in [-0.39, 0.29) is 5.91 Å². The monoisotopic (exact) mass is 253 g/mol. The summed E-state index contributed by atoms with van der Waals surface area (Å²) in [5.74, 6) is 0.544. The Morgan fingerprint density at radius 1 is 1.39 bits per heavy atom. The van der Waals surface area contributed by atoms with E-state index in [9.17, 15) is 9.59 Å². The van der Waals surface area contributed by atoms with E-state index in [1.165, 1.54) is 11.3 Å². The van der Waals surface area contributed by atoms with Crippen molar-refractivity contribution in [3.05, 3.63) is 0 Å². The van der Waals surface area contributed by atoms with Crippen molar-refractivity contribution in [2.45, 2.75) is 18.9 Å². The molecule has 3 fully saturated rings. The molecular weight excluding hydrogens is 234 g/mol. The van der Waals surface area contributed by atoms with Crippen molar-refractivity contribution >= 4 is 12.0 Å². The number of cyclic esters (lactones) is 1. The summed E-state index contributed by atoms with van der Waals surface area (Å²) in [7, 11) is 0. The van der Waals surface area contributed by atoms with Gasteiger partial charge in [-0.05, 0) is 31.8 Å². The maximum absolute atomic E-state index is 12.1. The van der Waals surface area contributed by atoms with Crippen molar-refractivity contribution in [1.82, 2.24) is 15.1 Å². The van der Waals surface area contributed by atoms with E-state index < -0.39 is 6.09 Å². The molecule has 18 heavy (non-hydrogen) atoms. The second-order valence-corrected chi connectivity index (χ2v) is 5.26. The number of hydrogen-bond acceptors (Lipinski definition) is 5. The van der Waals surface area contributed by atoms with E-state index in [0.29, 0.717) is 31.7 Å². The Morgan fingerprint density at radius 2 is 2.28 bits per heavy atom. The minimum atomic E-state index is -0.488. The van der Waals surface area contributed by atoms with Crippen LogP contribution in [0.25, 0.3) is 0 Å². The SMILES string of the molecule is O=C(CN1CCCC2CNCC21)N1CCOC1=O. The van der Waals surface area contributed by atoms with Crippen molar-refractivity contribution in [3.63, 3.8) is 0 Å². The van der Waals surface area contributed by atoms with Crippen LogP contribution in [-0.4, -0.2) is 67.2 Å². The van der Waals surface area contributed by atoms with Crippen LogP contribution in [0.5, 0.6) is 0 Å². The van der Waals surface area contributed by atoms with Crippen molar-refractivity contribution in [3.8, 4) is 0 Å². The smallest absolute Gasteiger partial charge is 0.416 e. The summed E-state index contributed by atoms with van der Waals surface area (Å²) in [5, 5.41) is 3.39. The molecule has 6 nitrogen and oxygen atoms in total. The van der Waals surface area contributed by atoms with E-state index in [4.69, 9.17) is 4.74 Å². The Bertz CT molecular complexity index is 360. The fraction of sp³-hybridized carbons (Fsp3) is 0.833. The Balaban J connectivity index is 1.61. The highest BCUT2D eigenvalue weighted by Gasteiger charge is 2.37. The number of nitrogens with zero attached hydrogens (tertiary/aromatic N) is 2. The molecule has 3 rings (SSSR count). The van der Waals surface area contributed by atoms with Gasteiger partial charge in [-0.3, -0.25) is 9.69 Å². The number of rotatable bonds is 2. The van der Waals surface area contributed by atoms with Crippen molar-refractivity contribution in [2.24, 2.45) is 5.92 Å². The molecule has 1 N–H and O–H groups in total. The Hall–Kier alpha value is -1.14. The first-order valence-electron chi connectivity index (χ1n) is 6.67. The largest absolute Gasteiger partial charge is 0.447 e. The lowest BCUT2D eigenvalue weighted by Gasteiger charge is -2.36. The third kappa shape index (κ3) is 2.10. The van der Waals surface area contributed by atoms with Gasteiger partial charge in [-0.15, -0.1) is 0 Å². The third-order valence-electron chi connectivity index (χ3n) is 4.19. The topological polar surface area (TPSA) is 61.9 Å². The molecule has 0 spiro atoms. The molecule has 0 aromatic heterocycles. The molecular formula is C12H19N3O3.